The summed E-state index contributed by atoms with van der Waals surface area (Å²) in [6, 6.07) is 12.7. The molecule has 0 amide bonds. The summed E-state index contributed by atoms with van der Waals surface area (Å²) >= 11 is 0. The molecule has 0 saturated carbocycles. The summed E-state index contributed by atoms with van der Waals surface area (Å²) in [6.45, 7) is 0. The molecule has 0 fully saturated rings. The van der Waals surface area contributed by atoms with Crippen LogP contribution >= 0.6 is 0 Å². The van der Waals surface area contributed by atoms with Crippen molar-refractivity contribution in [1.82, 2.24) is 0 Å². The first-order valence-corrected chi connectivity index (χ1v) is 4.00. The predicted molar refractivity (Wildman–Crippen MR) is 59.5 cm³/mol. The molecule has 2 aromatic rings. The Hall–Kier alpha value is -0.181. The predicted octanol–water partition coefficient (Wildman–Crippen LogP) is 1.62. The molecule has 0 saturated heterocycles. The third-order valence-electron chi connectivity index (χ3n) is 2.02. The molecule has 0 spiro atoms. The van der Waals surface area contributed by atoms with E-state index < -0.39 is 5.97 Å². The molecule has 72 valence electrons. The van der Waals surface area contributed by atoms with Crippen LogP contribution in [-0.4, -0.2) is 34.1 Å². The maximum absolute atomic E-state index is 10.8. The molecule has 2 aromatic carbocycles. The monoisotopic (exact) mass is 288 g/mol. The zero-order chi connectivity index (χ0) is 9.26. The fraction of sp³-hybridized carbons (Fsp3) is 0. The van der Waals surface area contributed by atoms with Crippen LogP contribution in [0, 0.1) is 0 Å². The smallest absolute Gasteiger partial charge is 0.336 e. The topological polar surface area (TPSA) is 37.3 Å². The zero-order valence-electron chi connectivity index (χ0n) is 7.40. The molecule has 0 aromatic heterocycles. The van der Waals surface area contributed by atoms with Gasteiger partial charge in [0.2, 0.25) is 0 Å². The summed E-state index contributed by atoms with van der Waals surface area (Å²) in [5, 5.41) is 10.6. The molecule has 0 heterocycles. The van der Waals surface area contributed by atoms with Gasteiger partial charge < -0.3 is 5.11 Å². The van der Waals surface area contributed by atoms with Gasteiger partial charge in [-0.05, 0) is 16.8 Å². The van der Waals surface area contributed by atoms with Crippen LogP contribution < -0.4 is 0 Å². The normalized spacial score (nSPS) is 8.80. The van der Waals surface area contributed by atoms with Crippen LogP contribution in [0.5, 0.6) is 0 Å². The van der Waals surface area contributed by atoms with Gasteiger partial charge in [0.25, 0.3) is 0 Å². The SMILES string of the molecule is O=C(O)c1cccc2ccccc12.[MgH2].[Zr]. The van der Waals surface area contributed by atoms with Crippen LogP contribution in [0.15, 0.2) is 42.5 Å². The quantitative estimate of drug-likeness (QED) is 0.810. The molecule has 4 heteroatoms. The minimum atomic E-state index is -0.878. The van der Waals surface area contributed by atoms with Gasteiger partial charge in [0.1, 0.15) is 0 Å². The number of aromatic carboxylic acids is 1. The Bertz CT molecular complexity index is 466. The average Bonchev–Trinajstić information content (AvgIpc) is 2.17. The number of hydrogen-bond donors (Lipinski definition) is 1. The standard InChI is InChI=1S/C11H8O2.Mg.Zr.2H/c12-11(13)10-7-3-5-8-4-1-2-6-9(8)10;;;;/h1-7H,(H,12,13);;;;. The fourth-order valence-electron chi connectivity index (χ4n) is 1.41. The molecule has 0 radical (unpaired) electrons. The second-order valence-electron chi connectivity index (χ2n) is 2.83. The molecular weight excluding hydrogens is 280 g/mol. The van der Waals surface area contributed by atoms with Crippen LogP contribution in [0.2, 0.25) is 0 Å². The van der Waals surface area contributed by atoms with E-state index in [-0.39, 0.29) is 49.3 Å². The molecule has 1 N–H and O–H groups in total. The first kappa shape index (κ1) is 14.8. The maximum atomic E-state index is 10.8. The van der Waals surface area contributed by atoms with Crippen molar-refractivity contribution in [2.45, 2.75) is 0 Å². The number of fused-ring (bicyclic) bond motifs is 1. The van der Waals surface area contributed by atoms with Gasteiger partial charge in [-0.1, -0.05) is 36.4 Å². The Labute approximate surface area is 123 Å². The van der Waals surface area contributed by atoms with Crippen molar-refractivity contribution in [3.05, 3.63) is 48.0 Å². The van der Waals surface area contributed by atoms with Crippen LogP contribution in [0.4, 0.5) is 0 Å². The van der Waals surface area contributed by atoms with Gasteiger partial charge in [-0.3, -0.25) is 0 Å². The van der Waals surface area contributed by atoms with Gasteiger partial charge in [-0.25, -0.2) is 4.79 Å². The molecule has 2 nitrogen and oxygen atoms in total. The number of benzene rings is 2. The van der Waals surface area contributed by atoms with Gasteiger partial charge in [-0.2, -0.15) is 0 Å². The van der Waals surface area contributed by atoms with E-state index in [1.54, 1.807) is 12.1 Å². The van der Waals surface area contributed by atoms with Crippen LogP contribution in [0.1, 0.15) is 10.4 Å². The number of carboxylic acid groups (broad SMARTS) is 1. The molecule has 2 rings (SSSR count). The van der Waals surface area contributed by atoms with Crippen LogP contribution in [0.3, 0.4) is 0 Å². The van der Waals surface area contributed by atoms with Crippen molar-refractivity contribution in [2.75, 3.05) is 0 Å². The summed E-state index contributed by atoms with van der Waals surface area (Å²) < 4.78 is 0. The van der Waals surface area contributed by atoms with E-state index in [9.17, 15) is 4.79 Å². The Kier molecular flexibility index (Phi) is 6.34. The summed E-state index contributed by atoms with van der Waals surface area (Å²) in [6.07, 6.45) is 0. The maximum Gasteiger partial charge on any atom is 0.336 e. The summed E-state index contributed by atoms with van der Waals surface area (Å²) in [5.74, 6) is -0.878. The van der Waals surface area contributed by atoms with E-state index in [1.165, 1.54) is 0 Å². The first-order chi connectivity index (χ1) is 6.29. The largest absolute Gasteiger partial charge is 0.478 e. The summed E-state index contributed by atoms with van der Waals surface area (Å²) in [4.78, 5) is 10.8. The Morgan fingerprint density at radius 3 is 2.27 bits per heavy atom. The second-order valence-corrected chi connectivity index (χ2v) is 2.83. The fourth-order valence-corrected chi connectivity index (χ4v) is 1.41. The first-order valence-electron chi connectivity index (χ1n) is 4.00. The zero-order valence-corrected chi connectivity index (χ0v) is 9.85. The molecule has 0 aliphatic heterocycles. The van der Waals surface area contributed by atoms with Crippen molar-refractivity contribution in [2.24, 2.45) is 0 Å². The van der Waals surface area contributed by atoms with Crippen LogP contribution in [0.25, 0.3) is 10.8 Å². The van der Waals surface area contributed by atoms with Crippen LogP contribution in [-0.2, 0) is 26.2 Å². The minimum Gasteiger partial charge on any atom is -0.478 e. The van der Waals surface area contributed by atoms with Crippen molar-refractivity contribution < 1.29 is 36.1 Å². The second kappa shape index (κ2) is 6.41. The Morgan fingerprint density at radius 2 is 1.60 bits per heavy atom. The van der Waals surface area contributed by atoms with E-state index >= 15 is 0 Å². The van der Waals surface area contributed by atoms with Gasteiger partial charge in [-0.15, -0.1) is 0 Å². The molecule has 0 aliphatic rings. The molecule has 0 bridgehead atoms. The Balaban J connectivity index is 0.000000980. The van der Waals surface area contributed by atoms with E-state index in [1.807, 2.05) is 30.3 Å². The van der Waals surface area contributed by atoms with E-state index in [0.29, 0.717) is 5.56 Å². The number of carbonyl (C=O) groups is 1. The molecule has 0 unspecified atom stereocenters. The summed E-state index contributed by atoms with van der Waals surface area (Å²) in [7, 11) is 0. The van der Waals surface area contributed by atoms with Crippen molar-refractivity contribution in [3.8, 4) is 0 Å². The third-order valence-corrected chi connectivity index (χ3v) is 2.02. The number of hydrogen-bond acceptors (Lipinski definition) is 1. The minimum absolute atomic E-state index is 0. The van der Waals surface area contributed by atoms with Gasteiger partial charge in [0, 0.05) is 26.2 Å². The molecule has 0 atom stereocenters. The van der Waals surface area contributed by atoms with Gasteiger partial charge in [0.15, 0.2) is 0 Å². The Morgan fingerprint density at radius 1 is 1.00 bits per heavy atom. The van der Waals surface area contributed by atoms with E-state index in [0.717, 1.165) is 10.8 Å². The molecular formula is C11H10MgO2Zr. The molecule has 0 aliphatic carbocycles. The van der Waals surface area contributed by atoms with Crippen molar-refractivity contribution in [1.29, 1.82) is 0 Å². The van der Waals surface area contributed by atoms with Gasteiger partial charge >= 0.3 is 29.0 Å². The summed E-state index contributed by atoms with van der Waals surface area (Å²) in [5.41, 5.74) is 0.359. The third kappa shape index (κ3) is 3.13. The average molecular weight is 290 g/mol. The number of carboxylic acids is 1. The van der Waals surface area contributed by atoms with E-state index in [2.05, 4.69) is 0 Å². The number of rotatable bonds is 1. The van der Waals surface area contributed by atoms with E-state index in [4.69, 9.17) is 5.11 Å². The van der Waals surface area contributed by atoms with Crippen molar-refractivity contribution in [3.63, 3.8) is 0 Å². The molecule has 15 heavy (non-hydrogen) atoms. The van der Waals surface area contributed by atoms with Gasteiger partial charge in [0.05, 0.1) is 5.56 Å². The van der Waals surface area contributed by atoms with Crippen molar-refractivity contribution >= 4 is 39.8 Å².